The van der Waals surface area contributed by atoms with Gasteiger partial charge in [0.1, 0.15) is 12.5 Å². The van der Waals surface area contributed by atoms with Gasteiger partial charge in [-0.15, -0.1) is 0 Å². The quantitative estimate of drug-likeness (QED) is 0.321. The molecule has 0 saturated carbocycles. The molecule has 5 heteroatoms. The Morgan fingerprint density at radius 2 is 1.44 bits per heavy atom. The lowest BCUT2D eigenvalue weighted by atomic mass is 10.6. The molecule has 2 unspecified atom stereocenters. The topological polar surface area (TPSA) is 102 Å². The molecule has 5 nitrogen and oxygen atoms in total. The first-order valence-corrected chi connectivity index (χ1v) is 2.59. The maximum atomic E-state index is 8.29. The minimum atomic E-state index is -0.799. The van der Waals surface area contributed by atoms with Crippen LogP contribution in [0.15, 0.2) is 0 Å². The molecule has 56 valence electrons. The van der Waals surface area contributed by atoms with Crippen molar-refractivity contribution in [1.29, 1.82) is 0 Å². The van der Waals surface area contributed by atoms with Crippen LogP contribution in [0.3, 0.4) is 0 Å². The van der Waals surface area contributed by atoms with E-state index in [0.29, 0.717) is 0 Å². The molecule has 9 heavy (non-hydrogen) atoms. The van der Waals surface area contributed by atoms with Crippen molar-refractivity contribution in [1.82, 2.24) is 0 Å². The van der Waals surface area contributed by atoms with E-state index in [2.05, 4.69) is 4.74 Å². The number of rotatable bonds is 4. The molecular weight excluding hydrogens is 124 g/mol. The molecule has 0 radical (unpaired) electrons. The van der Waals surface area contributed by atoms with Crippen LogP contribution in [0.25, 0.3) is 0 Å². The van der Waals surface area contributed by atoms with Gasteiger partial charge in [-0.2, -0.15) is 0 Å². The second-order valence-corrected chi connectivity index (χ2v) is 1.58. The van der Waals surface area contributed by atoms with Gasteiger partial charge in [0.05, 0.1) is 13.2 Å². The van der Waals surface area contributed by atoms with Crippen LogP contribution in [0.2, 0.25) is 0 Å². The summed E-state index contributed by atoms with van der Waals surface area (Å²) in [5.74, 6) is 0. The summed E-state index contributed by atoms with van der Waals surface area (Å²) in [5, 5.41) is 16.6. The number of hydrogen-bond donors (Lipinski definition) is 4. The van der Waals surface area contributed by atoms with Gasteiger partial charge in [-0.1, -0.05) is 0 Å². The summed E-state index contributed by atoms with van der Waals surface area (Å²) in [6.07, 6.45) is -1.60. The molecule has 0 aliphatic rings. The van der Waals surface area contributed by atoms with E-state index in [1.807, 2.05) is 0 Å². The zero-order valence-electron chi connectivity index (χ0n) is 5.03. The molecule has 0 rings (SSSR count). The Hall–Kier alpha value is -0.200. The van der Waals surface area contributed by atoms with Crippen molar-refractivity contribution in [2.24, 2.45) is 11.5 Å². The fraction of sp³-hybridized carbons (Fsp3) is 1.00. The molecular formula is C4H12N2O3. The maximum Gasteiger partial charge on any atom is 0.131 e. The van der Waals surface area contributed by atoms with E-state index in [0.717, 1.165) is 0 Å². The highest BCUT2D eigenvalue weighted by molar-refractivity contribution is 4.47. The molecule has 0 heterocycles. The van der Waals surface area contributed by atoms with Crippen molar-refractivity contribution < 1.29 is 14.9 Å². The van der Waals surface area contributed by atoms with Crippen LogP contribution < -0.4 is 11.5 Å². The molecule has 0 aromatic heterocycles. The Bertz CT molecular complexity index is 62.8. The summed E-state index contributed by atoms with van der Waals surface area (Å²) in [6.45, 7) is -0.596. The van der Waals surface area contributed by atoms with Crippen LogP contribution in [-0.2, 0) is 4.74 Å². The molecule has 2 atom stereocenters. The lowest BCUT2D eigenvalue weighted by Gasteiger charge is -2.14. The van der Waals surface area contributed by atoms with E-state index in [1.165, 1.54) is 0 Å². The first kappa shape index (κ1) is 8.80. The SMILES string of the molecule is NC(CO)OC(N)CO. The van der Waals surface area contributed by atoms with Gasteiger partial charge in [0.15, 0.2) is 0 Å². The fourth-order valence-electron chi connectivity index (χ4n) is 0.311. The van der Waals surface area contributed by atoms with Gasteiger partial charge in [-0.05, 0) is 0 Å². The third-order valence-corrected chi connectivity index (χ3v) is 0.709. The average molecular weight is 136 g/mol. The molecule has 0 spiro atoms. The van der Waals surface area contributed by atoms with Crippen LogP contribution >= 0.6 is 0 Å². The first-order chi connectivity index (χ1) is 4.20. The second-order valence-electron chi connectivity index (χ2n) is 1.58. The van der Waals surface area contributed by atoms with E-state index in [1.54, 1.807) is 0 Å². The normalized spacial score (nSPS) is 17.3. The van der Waals surface area contributed by atoms with Gasteiger partial charge in [0, 0.05) is 0 Å². The summed E-state index contributed by atoms with van der Waals surface area (Å²) in [4.78, 5) is 0. The highest BCUT2D eigenvalue weighted by Crippen LogP contribution is 1.84. The van der Waals surface area contributed by atoms with Gasteiger partial charge in [-0.25, -0.2) is 0 Å². The van der Waals surface area contributed by atoms with Crippen LogP contribution in [0.5, 0.6) is 0 Å². The molecule has 0 aromatic rings. The average Bonchev–Trinajstić information content (AvgIpc) is 1.87. The van der Waals surface area contributed by atoms with Gasteiger partial charge in [0.2, 0.25) is 0 Å². The Morgan fingerprint density at radius 1 is 1.11 bits per heavy atom. The van der Waals surface area contributed by atoms with E-state index >= 15 is 0 Å². The number of aliphatic hydroxyl groups excluding tert-OH is 2. The van der Waals surface area contributed by atoms with Crippen molar-refractivity contribution in [3.63, 3.8) is 0 Å². The highest BCUT2D eigenvalue weighted by atomic mass is 16.5. The molecule has 0 bridgehead atoms. The van der Waals surface area contributed by atoms with Crippen LogP contribution in [-0.4, -0.2) is 35.9 Å². The summed E-state index contributed by atoms with van der Waals surface area (Å²) in [7, 11) is 0. The van der Waals surface area contributed by atoms with Crippen molar-refractivity contribution in [3.05, 3.63) is 0 Å². The molecule has 0 aromatic carbocycles. The Balaban J connectivity index is 3.22. The predicted octanol–water partition coefficient (Wildman–Crippen LogP) is -2.44. The summed E-state index contributed by atoms with van der Waals surface area (Å²) in [6, 6.07) is 0. The molecule has 0 amide bonds. The number of aliphatic hydroxyl groups is 2. The predicted molar refractivity (Wildman–Crippen MR) is 31.2 cm³/mol. The van der Waals surface area contributed by atoms with E-state index in [-0.39, 0.29) is 13.2 Å². The third-order valence-electron chi connectivity index (χ3n) is 0.709. The minimum Gasteiger partial charge on any atom is -0.392 e. The lowest BCUT2D eigenvalue weighted by Crippen LogP contribution is -2.38. The standard InChI is InChI=1S/C4H12N2O3/c5-3(1-7)9-4(6)2-8/h3-4,7-8H,1-2,5-6H2. The molecule has 6 N–H and O–H groups in total. The van der Waals surface area contributed by atoms with Gasteiger partial charge in [0.25, 0.3) is 0 Å². The molecule has 0 aliphatic carbocycles. The monoisotopic (exact) mass is 136 g/mol. The second kappa shape index (κ2) is 4.66. The Morgan fingerprint density at radius 3 is 1.67 bits per heavy atom. The highest BCUT2D eigenvalue weighted by Gasteiger charge is 2.05. The minimum absolute atomic E-state index is 0.298. The van der Waals surface area contributed by atoms with E-state index < -0.39 is 12.5 Å². The zero-order chi connectivity index (χ0) is 7.28. The number of ether oxygens (including phenoxy) is 1. The maximum absolute atomic E-state index is 8.29. The van der Waals surface area contributed by atoms with Crippen LogP contribution in [0, 0.1) is 0 Å². The molecule has 0 aliphatic heterocycles. The number of nitrogens with two attached hydrogens (primary N) is 2. The Kier molecular flexibility index (Phi) is 4.55. The van der Waals surface area contributed by atoms with E-state index in [4.69, 9.17) is 21.7 Å². The summed E-state index contributed by atoms with van der Waals surface area (Å²) in [5.41, 5.74) is 10.2. The van der Waals surface area contributed by atoms with Crippen molar-refractivity contribution in [2.75, 3.05) is 13.2 Å². The van der Waals surface area contributed by atoms with Crippen molar-refractivity contribution in [2.45, 2.75) is 12.5 Å². The van der Waals surface area contributed by atoms with Crippen LogP contribution in [0.1, 0.15) is 0 Å². The molecule has 0 saturated heterocycles. The largest absolute Gasteiger partial charge is 0.392 e. The van der Waals surface area contributed by atoms with Gasteiger partial charge < -0.3 is 26.4 Å². The van der Waals surface area contributed by atoms with Crippen molar-refractivity contribution in [3.8, 4) is 0 Å². The number of hydrogen-bond acceptors (Lipinski definition) is 5. The van der Waals surface area contributed by atoms with Gasteiger partial charge >= 0.3 is 0 Å². The molecule has 0 fully saturated rings. The van der Waals surface area contributed by atoms with E-state index in [9.17, 15) is 0 Å². The van der Waals surface area contributed by atoms with Gasteiger partial charge in [-0.3, -0.25) is 0 Å². The lowest BCUT2D eigenvalue weighted by molar-refractivity contribution is -0.0538. The third kappa shape index (κ3) is 4.31. The van der Waals surface area contributed by atoms with Crippen LogP contribution in [0.4, 0.5) is 0 Å². The zero-order valence-corrected chi connectivity index (χ0v) is 5.03. The summed E-state index contributed by atoms with van der Waals surface area (Å²) < 4.78 is 4.60. The first-order valence-electron chi connectivity index (χ1n) is 2.59. The summed E-state index contributed by atoms with van der Waals surface area (Å²) >= 11 is 0. The Labute approximate surface area is 53.2 Å². The smallest absolute Gasteiger partial charge is 0.131 e. The van der Waals surface area contributed by atoms with Crippen molar-refractivity contribution >= 4 is 0 Å². The fourth-order valence-corrected chi connectivity index (χ4v) is 0.311.